The summed E-state index contributed by atoms with van der Waals surface area (Å²) < 4.78 is 10.9. The zero-order chi connectivity index (χ0) is 18.6. The van der Waals surface area contributed by atoms with Crippen LogP contribution in [-0.2, 0) is 6.54 Å². The van der Waals surface area contributed by atoms with Gasteiger partial charge in [0.1, 0.15) is 5.82 Å². The first-order valence-electron chi connectivity index (χ1n) is 9.66. The molecule has 27 heavy (non-hydrogen) atoms. The molecule has 1 saturated heterocycles. The Kier molecular flexibility index (Phi) is 5.29. The highest BCUT2D eigenvalue weighted by Crippen LogP contribution is 2.35. The zero-order valence-corrected chi connectivity index (χ0v) is 16.0. The highest BCUT2D eigenvalue weighted by Gasteiger charge is 2.24. The van der Waals surface area contributed by atoms with Crippen LogP contribution in [0.2, 0.25) is 0 Å². The summed E-state index contributed by atoms with van der Waals surface area (Å²) in [5.41, 5.74) is 2.51. The van der Waals surface area contributed by atoms with Gasteiger partial charge in [0, 0.05) is 31.9 Å². The van der Waals surface area contributed by atoms with Crippen molar-refractivity contribution in [3.8, 4) is 11.5 Å². The van der Waals surface area contributed by atoms with Gasteiger partial charge in [-0.3, -0.25) is 4.90 Å². The maximum absolute atomic E-state index is 5.49. The van der Waals surface area contributed by atoms with E-state index in [1.54, 1.807) is 0 Å². The molecule has 2 aromatic rings. The summed E-state index contributed by atoms with van der Waals surface area (Å²) >= 11 is 0. The third kappa shape index (κ3) is 3.93. The molecule has 1 fully saturated rings. The first kappa shape index (κ1) is 17.9. The van der Waals surface area contributed by atoms with Crippen LogP contribution in [0, 0.1) is 0 Å². The fourth-order valence-corrected chi connectivity index (χ4v) is 3.82. The van der Waals surface area contributed by atoms with Gasteiger partial charge in [0.2, 0.25) is 12.7 Å². The molecule has 2 N–H and O–H groups in total. The fourth-order valence-electron chi connectivity index (χ4n) is 3.82. The molecule has 0 amide bonds. The van der Waals surface area contributed by atoms with E-state index >= 15 is 0 Å². The van der Waals surface area contributed by atoms with E-state index in [9.17, 15) is 0 Å². The van der Waals surface area contributed by atoms with Gasteiger partial charge in [-0.2, -0.15) is 4.98 Å². The Morgan fingerprint density at radius 3 is 2.78 bits per heavy atom. The number of ether oxygens (including phenoxy) is 2. The Morgan fingerprint density at radius 2 is 2.00 bits per heavy atom. The van der Waals surface area contributed by atoms with Gasteiger partial charge in [-0.1, -0.05) is 6.07 Å². The van der Waals surface area contributed by atoms with Crippen molar-refractivity contribution in [2.24, 2.45) is 0 Å². The van der Waals surface area contributed by atoms with Crippen LogP contribution in [0.4, 0.5) is 11.8 Å². The molecule has 4 rings (SSSR count). The number of fused-ring (bicyclic) bond motifs is 1. The molecule has 0 bridgehead atoms. The second-order valence-electron chi connectivity index (χ2n) is 7.02. The Hall–Kier alpha value is -2.54. The van der Waals surface area contributed by atoms with Gasteiger partial charge in [-0.15, -0.1) is 0 Å². The van der Waals surface area contributed by atoms with Crippen LogP contribution in [0.1, 0.15) is 36.8 Å². The van der Waals surface area contributed by atoms with Gasteiger partial charge in [-0.25, -0.2) is 4.98 Å². The average Bonchev–Trinajstić information content (AvgIpc) is 3.17. The number of rotatable bonds is 6. The van der Waals surface area contributed by atoms with Crippen LogP contribution in [0.25, 0.3) is 0 Å². The largest absolute Gasteiger partial charge is 0.454 e. The number of hydrogen-bond donors (Lipinski definition) is 2. The molecule has 2 aliphatic heterocycles. The van der Waals surface area contributed by atoms with Crippen LogP contribution in [0.15, 0.2) is 24.4 Å². The number of benzene rings is 1. The number of likely N-dealkylation sites (tertiary alicyclic amines) is 1. The predicted molar refractivity (Wildman–Crippen MR) is 106 cm³/mol. The number of hydrogen-bond acceptors (Lipinski definition) is 7. The molecule has 0 aliphatic carbocycles. The van der Waals surface area contributed by atoms with E-state index in [0.717, 1.165) is 56.3 Å². The van der Waals surface area contributed by atoms with E-state index in [4.69, 9.17) is 9.47 Å². The maximum atomic E-state index is 5.49. The molecule has 1 aromatic heterocycles. The maximum Gasteiger partial charge on any atom is 0.231 e. The second-order valence-corrected chi connectivity index (χ2v) is 7.02. The first-order chi connectivity index (χ1) is 13.3. The van der Waals surface area contributed by atoms with Crippen molar-refractivity contribution in [1.29, 1.82) is 0 Å². The van der Waals surface area contributed by atoms with Crippen molar-refractivity contribution in [2.45, 2.75) is 32.2 Å². The summed E-state index contributed by atoms with van der Waals surface area (Å²) in [6.45, 7) is 6.36. The highest BCUT2D eigenvalue weighted by molar-refractivity contribution is 5.49. The normalized spacial score (nSPS) is 17.1. The number of piperidine rings is 1. The fraction of sp³-hybridized carbons (Fsp3) is 0.500. The smallest absolute Gasteiger partial charge is 0.231 e. The number of aromatic nitrogens is 2. The van der Waals surface area contributed by atoms with Crippen LogP contribution < -0.4 is 20.1 Å². The van der Waals surface area contributed by atoms with Crippen LogP contribution in [-0.4, -0.2) is 48.3 Å². The number of nitrogens with zero attached hydrogens (tertiary/aromatic N) is 3. The summed E-state index contributed by atoms with van der Waals surface area (Å²) in [6, 6.07) is 6.24. The number of nitrogens with one attached hydrogen (secondary N) is 2. The number of anilines is 2. The SMILES string of the molecule is CCNc1nc(NC)ncc1C1CCN(Cc2ccc3c(c2)OCO3)CC1. The van der Waals surface area contributed by atoms with E-state index in [1.165, 1.54) is 11.1 Å². The van der Waals surface area contributed by atoms with Crippen LogP contribution in [0.3, 0.4) is 0 Å². The monoisotopic (exact) mass is 369 g/mol. The van der Waals surface area contributed by atoms with Gasteiger partial charge >= 0.3 is 0 Å². The summed E-state index contributed by atoms with van der Waals surface area (Å²) in [5.74, 6) is 3.83. The molecular weight excluding hydrogens is 342 g/mol. The van der Waals surface area contributed by atoms with Crippen molar-refractivity contribution in [2.75, 3.05) is 44.1 Å². The lowest BCUT2D eigenvalue weighted by Gasteiger charge is -2.32. The summed E-state index contributed by atoms with van der Waals surface area (Å²) in [5, 5.41) is 6.41. The van der Waals surface area contributed by atoms with Crippen molar-refractivity contribution in [3.05, 3.63) is 35.5 Å². The van der Waals surface area contributed by atoms with Gasteiger partial charge in [0.05, 0.1) is 0 Å². The predicted octanol–water partition coefficient (Wildman–Crippen LogP) is 3.06. The van der Waals surface area contributed by atoms with E-state index in [2.05, 4.69) is 44.6 Å². The van der Waals surface area contributed by atoms with Crippen LogP contribution in [0.5, 0.6) is 11.5 Å². The lowest BCUT2D eigenvalue weighted by atomic mass is 9.90. The molecule has 0 atom stereocenters. The molecule has 3 heterocycles. The van der Waals surface area contributed by atoms with Crippen LogP contribution >= 0.6 is 0 Å². The molecule has 7 nitrogen and oxygen atoms in total. The Balaban J connectivity index is 1.39. The second kappa shape index (κ2) is 8.00. The topological polar surface area (TPSA) is 71.5 Å². The Bertz CT molecular complexity index is 790. The third-order valence-corrected chi connectivity index (χ3v) is 5.26. The molecule has 2 aliphatic rings. The average molecular weight is 369 g/mol. The van der Waals surface area contributed by atoms with Crippen molar-refractivity contribution in [3.63, 3.8) is 0 Å². The quantitative estimate of drug-likeness (QED) is 0.811. The van der Waals surface area contributed by atoms with E-state index in [1.807, 2.05) is 19.3 Å². The minimum absolute atomic E-state index is 0.326. The van der Waals surface area contributed by atoms with Gasteiger partial charge in [0.15, 0.2) is 11.5 Å². The van der Waals surface area contributed by atoms with Crippen molar-refractivity contribution in [1.82, 2.24) is 14.9 Å². The lowest BCUT2D eigenvalue weighted by Crippen LogP contribution is -2.32. The molecule has 0 unspecified atom stereocenters. The summed E-state index contributed by atoms with van der Waals surface area (Å²) in [4.78, 5) is 11.5. The van der Waals surface area contributed by atoms with E-state index < -0.39 is 0 Å². The Morgan fingerprint density at radius 1 is 1.19 bits per heavy atom. The Labute approximate surface area is 160 Å². The van der Waals surface area contributed by atoms with Gasteiger partial charge in [0.25, 0.3) is 0 Å². The molecule has 1 aromatic carbocycles. The van der Waals surface area contributed by atoms with Crippen molar-refractivity contribution >= 4 is 11.8 Å². The summed E-state index contributed by atoms with van der Waals surface area (Å²) in [7, 11) is 1.85. The van der Waals surface area contributed by atoms with Gasteiger partial charge in [-0.05, 0) is 56.5 Å². The zero-order valence-electron chi connectivity index (χ0n) is 16.0. The molecule has 7 heteroatoms. The molecule has 144 valence electrons. The lowest BCUT2D eigenvalue weighted by molar-refractivity contribution is 0.173. The minimum Gasteiger partial charge on any atom is -0.454 e. The van der Waals surface area contributed by atoms with Gasteiger partial charge < -0.3 is 20.1 Å². The molecule has 0 radical (unpaired) electrons. The molecular formula is C20H27N5O2. The standard InChI is InChI=1S/C20H27N5O2/c1-3-22-19-16(11-23-20(21-2)24-19)15-6-8-25(9-7-15)12-14-4-5-17-18(10-14)27-13-26-17/h4-5,10-11,15H,3,6-9,12-13H2,1-2H3,(H2,21,22,23,24). The van der Waals surface area contributed by atoms with E-state index in [-0.39, 0.29) is 0 Å². The molecule has 0 spiro atoms. The minimum atomic E-state index is 0.326. The highest BCUT2D eigenvalue weighted by atomic mass is 16.7. The third-order valence-electron chi connectivity index (χ3n) is 5.26. The molecule has 0 saturated carbocycles. The van der Waals surface area contributed by atoms with E-state index in [0.29, 0.717) is 18.7 Å². The van der Waals surface area contributed by atoms with Crippen molar-refractivity contribution < 1.29 is 9.47 Å². The first-order valence-corrected chi connectivity index (χ1v) is 9.66. The summed E-state index contributed by atoms with van der Waals surface area (Å²) in [6.07, 6.45) is 4.21.